The summed E-state index contributed by atoms with van der Waals surface area (Å²) in [5.74, 6) is -0.0166. The van der Waals surface area contributed by atoms with Gasteiger partial charge in [0.1, 0.15) is 0 Å². The molecule has 2 N–H and O–H groups in total. The van der Waals surface area contributed by atoms with E-state index in [1.807, 2.05) is 13.8 Å². The average molecular weight is 294 g/mol. The molecule has 0 saturated heterocycles. The summed E-state index contributed by atoms with van der Waals surface area (Å²) in [4.78, 5) is 26.3. The molecule has 0 radical (unpaired) electrons. The van der Waals surface area contributed by atoms with Gasteiger partial charge in [-0.3, -0.25) is 19.9 Å². The Kier molecular flexibility index (Phi) is 6.23. The maximum atomic E-state index is 11.5. The van der Waals surface area contributed by atoms with Gasteiger partial charge in [-0.15, -0.1) is 0 Å². The van der Waals surface area contributed by atoms with Crippen molar-refractivity contribution in [2.45, 2.75) is 46.7 Å². The van der Waals surface area contributed by atoms with E-state index in [1.54, 1.807) is 13.8 Å². The highest BCUT2D eigenvalue weighted by Gasteiger charge is 2.18. The third-order valence-corrected chi connectivity index (χ3v) is 3.03. The van der Waals surface area contributed by atoms with Gasteiger partial charge in [-0.1, -0.05) is 0 Å². The van der Waals surface area contributed by atoms with Gasteiger partial charge in [-0.25, -0.2) is 0 Å². The fourth-order valence-corrected chi connectivity index (χ4v) is 2.03. The first-order chi connectivity index (χ1) is 9.82. The van der Waals surface area contributed by atoms with E-state index in [0.717, 1.165) is 0 Å². The number of nitrogens with one attached hydrogen (secondary N) is 2. The second-order valence-electron chi connectivity index (χ2n) is 5.27. The molecule has 1 heterocycles. The van der Waals surface area contributed by atoms with Crippen LogP contribution in [0.5, 0.6) is 0 Å². The van der Waals surface area contributed by atoms with Crippen molar-refractivity contribution in [3.63, 3.8) is 0 Å². The number of nitro groups is 1. The highest BCUT2D eigenvalue weighted by Crippen LogP contribution is 2.23. The zero-order valence-electron chi connectivity index (χ0n) is 12.9. The van der Waals surface area contributed by atoms with Crippen molar-refractivity contribution in [2.24, 2.45) is 0 Å². The van der Waals surface area contributed by atoms with Crippen LogP contribution in [0.2, 0.25) is 0 Å². The Bertz CT molecular complexity index is 529. The molecule has 7 nitrogen and oxygen atoms in total. The Morgan fingerprint density at radius 2 is 2.10 bits per heavy atom. The van der Waals surface area contributed by atoms with E-state index >= 15 is 0 Å². The van der Waals surface area contributed by atoms with Gasteiger partial charge < -0.3 is 10.6 Å². The number of carbonyl (C=O) groups excluding carboxylic acids is 1. The van der Waals surface area contributed by atoms with Crippen LogP contribution in [0.15, 0.2) is 6.20 Å². The molecule has 21 heavy (non-hydrogen) atoms. The molecule has 0 fully saturated rings. The lowest BCUT2D eigenvalue weighted by Crippen LogP contribution is -2.32. The topological polar surface area (TPSA) is 97.2 Å². The second-order valence-corrected chi connectivity index (χ2v) is 5.27. The van der Waals surface area contributed by atoms with E-state index in [0.29, 0.717) is 36.3 Å². The first kappa shape index (κ1) is 17.0. The van der Waals surface area contributed by atoms with Crippen molar-refractivity contribution in [3.8, 4) is 0 Å². The molecule has 0 aromatic carbocycles. The molecule has 1 amide bonds. The SMILES string of the molecule is Cc1cnc(CNCCC(=O)NC(C)C)c(C)c1[N+](=O)[O-]. The summed E-state index contributed by atoms with van der Waals surface area (Å²) >= 11 is 0. The van der Waals surface area contributed by atoms with Crippen LogP contribution in [0.1, 0.15) is 37.1 Å². The molecule has 1 rings (SSSR count). The van der Waals surface area contributed by atoms with E-state index in [4.69, 9.17) is 0 Å². The lowest BCUT2D eigenvalue weighted by atomic mass is 10.1. The van der Waals surface area contributed by atoms with Gasteiger partial charge in [0.25, 0.3) is 5.69 Å². The molecule has 1 aromatic heterocycles. The molecule has 0 spiro atoms. The Balaban J connectivity index is 2.55. The van der Waals surface area contributed by atoms with Crippen LogP contribution >= 0.6 is 0 Å². The average Bonchev–Trinajstić information content (AvgIpc) is 2.35. The number of aromatic nitrogens is 1. The Labute approximate surface area is 124 Å². The number of amides is 1. The first-order valence-electron chi connectivity index (χ1n) is 6.92. The lowest BCUT2D eigenvalue weighted by molar-refractivity contribution is -0.386. The molecule has 0 bridgehead atoms. The van der Waals surface area contributed by atoms with Crippen LogP contribution in [-0.2, 0) is 11.3 Å². The Morgan fingerprint density at radius 3 is 2.67 bits per heavy atom. The van der Waals surface area contributed by atoms with Gasteiger partial charge >= 0.3 is 0 Å². The van der Waals surface area contributed by atoms with Crippen LogP contribution < -0.4 is 10.6 Å². The third-order valence-electron chi connectivity index (χ3n) is 3.03. The van der Waals surface area contributed by atoms with Gasteiger partial charge in [0.05, 0.1) is 10.6 Å². The molecule has 116 valence electrons. The molecule has 0 aliphatic rings. The van der Waals surface area contributed by atoms with Gasteiger partial charge in [-0.2, -0.15) is 0 Å². The summed E-state index contributed by atoms with van der Waals surface area (Å²) in [5.41, 5.74) is 1.87. The van der Waals surface area contributed by atoms with E-state index in [1.165, 1.54) is 6.20 Å². The number of nitrogens with zero attached hydrogens (tertiary/aromatic N) is 2. The van der Waals surface area contributed by atoms with Crippen molar-refractivity contribution in [1.82, 2.24) is 15.6 Å². The van der Waals surface area contributed by atoms with Crippen LogP contribution in [0.3, 0.4) is 0 Å². The minimum atomic E-state index is -0.383. The van der Waals surface area contributed by atoms with Crippen molar-refractivity contribution in [1.29, 1.82) is 0 Å². The van der Waals surface area contributed by atoms with E-state index in [2.05, 4.69) is 15.6 Å². The first-order valence-corrected chi connectivity index (χ1v) is 6.92. The van der Waals surface area contributed by atoms with Crippen LogP contribution in [0, 0.1) is 24.0 Å². The van der Waals surface area contributed by atoms with Gasteiger partial charge in [0, 0.05) is 42.9 Å². The number of hydrogen-bond donors (Lipinski definition) is 2. The molecule has 1 aromatic rings. The Hall–Kier alpha value is -2.02. The molecule has 0 saturated carbocycles. The monoisotopic (exact) mass is 294 g/mol. The molecule has 0 aliphatic carbocycles. The summed E-state index contributed by atoms with van der Waals surface area (Å²) in [6.07, 6.45) is 1.87. The second kappa shape index (κ2) is 7.68. The van der Waals surface area contributed by atoms with Gasteiger partial charge in [-0.05, 0) is 27.7 Å². The van der Waals surface area contributed by atoms with Crippen LogP contribution in [-0.4, -0.2) is 28.4 Å². The van der Waals surface area contributed by atoms with Crippen molar-refractivity contribution in [3.05, 3.63) is 33.1 Å². The summed E-state index contributed by atoms with van der Waals surface area (Å²) in [6, 6.07) is 0.126. The van der Waals surface area contributed by atoms with Crippen LogP contribution in [0.25, 0.3) is 0 Å². The predicted molar refractivity (Wildman–Crippen MR) is 80.0 cm³/mol. The van der Waals surface area contributed by atoms with E-state index in [9.17, 15) is 14.9 Å². The zero-order chi connectivity index (χ0) is 16.0. The summed E-state index contributed by atoms with van der Waals surface area (Å²) in [7, 11) is 0. The smallest absolute Gasteiger partial charge is 0.278 e. The molecule has 0 atom stereocenters. The largest absolute Gasteiger partial charge is 0.354 e. The normalized spacial score (nSPS) is 10.7. The fraction of sp³-hybridized carbons (Fsp3) is 0.571. The standard InChI is InChI=1S/C14H22N4O3/c1-9(2)17-13(19)5-6-15-8-12-11(4)14(18(20)21)10(3)7-16-12/h7,9,15H,5-6,8H2,1-4H3,(H,17,19). The highest BCUT2D eigenvalue weighted by molar-refractivity contribution is 5.76. The van der Waals surface area contributed by atoms with Crippen molar-refractivity contribution >= 4 is 11.6 Å². The summed E-state index contributed by atoms with van der Waals surface area (Å²) in [5, 5.41) is 16.9. The molecule has 7 heteroatoms. The fourth-order valence-electron chi connectivity index (χ4n) is 2.03. The molecule has 0 aliphatic heterocycles. The minimum Gasteiger partial charge on any atom is -0.354 e. The molecular formula is C14H22N4O3. The number of pyridine rings is 1. The number of hydrogen-bond acceptors (Lipinski definition) is 5. The van der Waals surface area contributed by atoms with Crippen molar-refractivity contribution < 1.29 is 9.72 Å². The number of carbonyl (C=O) groups is 1. The van der Waals surface area contributed by atoms with Gasteiger partial charge in [0.15, 0.2) is 0 Å². The number of rotatable bonds is 7. The zero-order valence-corrected chi connectivity index (χ0v) is 12.9. The molecular weight excluding hydrogens is 272 g/mol. The van der Waals surface area contributed by atoms with Crippen LogP contribution in [0.4, 0.5) is 5.69 Å². The number of aryl methyl sites for hydroxylation is 1. The van der Waals surface area contributed by atoms with E-state index < -0.39 is 0 Å². The minimum absolute atomic E-state index is 0.0166. The van der Waals surface area contributed by atoms with Gasteiger partial charge in [0.2, 0.25) is 5.91 Å². The molecule has 0 unspecified atom stereocenters. The van der Waals surface area contributed by atoms with Crippen molar-refractivity contribution in [2.75, 3.05) is 6.54 Å². The maximum Gasteiger partial charge on any atom is 0.278 e. The summed E-state index contributed by atoms with van der Waals surface area (Å²) in [6.45, 7) is 8.09. The van der Waals surface area contributed by atoms with E-state index in [-0.39, 0.29) is 22.6 Å². The lowest BCUT2D eigenvalue weighted by Gasteiger charge is -2.10. The third kappa shape index (κ3) is 5.11. The highest BCUT2D eigenvalue weighted by atomic mass is 16.6. The maximum absolute atomic E-state index is 11.5. The quantitative estimate of drug-likeness (QED) is 0.452. The summed E-state index contributed by atoms with van der Waals surface area (Å²) < 4.78 is 0. The Morgan fingerprint density at radius 1 is 1.43 bits per heavy atom. The predicted octanol–water partition coefficient (Wildman–Crippen LogP) is 1.61.